The van der Waals surface area contributed by atoms with Gasteiger partial charge in [-0.2, -0.15) is 0 Å². The summed E-state index contributed by atoms with van der Waals surface area (Å²) in [6.45, 7) is 11.0. The van der Waals surface area contributed by atoms with Crippen LogP contribution in [-0.4, -0.2) is 88.8 Å². The number of hydrogen-bond acceptors (Lipinski definition) is 12. The van der Waals surface area contributed by atoms with Gasteiger partial charge in [-0.15, -0.1) is 0 Å². The van der Waals surface area contributed by atoms with Gasteiger partial charge in [-0.3, -0.25) is 4.99 Å². The molecule has 6 aliphatic heterocycles. The molecule has 0 aromatic heterocycles. The smallest absolute Gasteiger partial charge is 0.188 e. The van der Waals surface area contributed by atoms with Gasteiger partial charge in [0, 0.05) is 55.8 Å². The highest BCUT2D eigenvalue weighted by Crippen LogP contribution is 2.65. The van der Waals surface area contributed by atoms with E-state index in [0.717, 1.165) is 123 Å². The van der Waals surface area contributed by atoms with Gasteiger partial charge in [0.25, 0.3) is 0 Å². The summed E-state index contributed by atoms with van der Waals surface area (Å²) in [5.41, 5.74) is 13.6. The molecule has 3 saturated carbocycles. The molecule has 5 aliphatic carbocycles. The zero-order chi connectivity index (χ0) is 55.9. The molecule has 3 aromatic carbocycles. The Hall–Kier alpha value is -4.49. The SMILES string of the molecule is CCCCCC(C)C1CC2C=CC1CC(O)CC1(CCCC13CCOC1(CCCC1)C3)CN=C(N)NCCC1C(CO)CCCC1Oc1cc(ccc1O)C1Oc3cc(OC)c4c(c3CC1O)C2Cc1cc(O)c(CC(C)C)cc1-4. The van der Waals surface area contributed by atoms with Crippen LogP contribution in [0.3, 0.4) is 0 Å². The molecule has 11 aliphatic rings. The molecular formula is C68H97N3O9. The Kier molecular flexibility index (Phi) is 17.2. The number of aromatic hydroxyl groups is 2. The average Bonchev–Trinajstić information content (AvgIpc) is 2.88. The lowest BCUT2D eigenvalue weighted by Gasteiger charge is -2.54. The Labute approximate surface area is 477 Å². The molecule has 13 unspecified atom stereocenters. The highest BCUT2D eigenvalue weighted by molar-refractivity contribution is 5.84. The zero-order valence-corrected chi connectivity index (χ0v) is 49.0. The summed E-state index contributed by atoms with van der Waals surface area (Å²) in [6, 6.07) is 11.5. The summed E-state index contributed by atoms with van der Waals surface area (Å²) < 4.78 is 27.1. The number of phenols is 2. The number of aliphatic hydroxyl groups is 3. The Balaban J connectivity index is 1.03. The highest BCUT2D eigenvalue weighted by atomic mass is 16.5. The lowest BCUT2D eigenvalue weighted by Crippen LogP contribution is -2.52. The fourth-order valence-corrected chi connectivity index (χ4v) is 17.9. The third-order valence-corrected chi connectivity index (χ3v) is 21.9. The van der Waals surface area contributed by atoms with Crippen LogP contribution >= 0.6 is 0 Å². The van der Waals surface area contributed by atoms with Crippen molar-refractivity contribution in [2.75, 3.05) is 33.4 Å². The van der Waals surface area contributed by atoms with Crippen LogP contribution in [-0.2, 0) is 24.0 Å². The van der Waals surface area contributed by atoms with Crippen molar-refractivity contribution in [1.29, 1.82) is 0 Å². The number of aliphatic imine (C=N–C) groups is 1. The maximum Gasteiger partial charge on any atom is 0.188 e. The molecular weight excluding hydrogens is 1000 g/mol. The summed E-state index contributed by atoms with van der Waals surface area (Å²) in [6.07, 6.45) is 24.4. The van der Waals surface area contributed by atoms with Crippen LogP contribution in [0.5, 0.6) is 28.7 Å². The van der Waals surface area contributed by atoms with Crippen molar-refractivity contribution in [3.8, 4) is 39.9 Å². The molecule has 12 nitrogen and oxygen atoms in total. The van der Waals surface area contributed by atoms with Gasteiger partial charge < -0.3 is 55.5 Å². The molecule has 4 fully saturated rings. The number of unbranched alkanes of at least 4 members (excludes halogenated alkanes) is 2. The van der Waals surface area contributed by atoms with E-state index in [0.29, 0.717) is 97.5 Å². The molecule has 13 atom stereocenters. The van der Waals surface area contributed by atoms with Crippen LogP contribution in [0.4, 0.5) is 0 Å². The molecule has 3 spiro atoms. The first kappa shape index (κ1) is 57.3. The molecule has 14 rings (SSSR count). The first-order valence-electron chi connectivity index (χ1n) is 31.7. The predicted octanol–water partition coefficient (Wildman–Crippen LogP) is 12.6. The van der Waals surface area contributed by atoms with Crippen molar-refractivity contribution in [3.63, 3.8) is 0 Å². The van der Waals surface area contributed by atoms with Crippen LogP contribution in [0.15, 0.2) is 53.5 Å². The van der Waals surface area contributed by atoms with Crippen molar-refractivity contribution < 1.29 is 44.5 Å². The summed E-state index contributed by atoms with van der Waals surface area (Å²) >= 11 is 0. The molecule has 80 heavy (non-hydrogen) atoms. The second kappa shape index (κ2) is 24.0. The molecule has 0 radical (unpaired) electrons. The average molecular weight is 1100 g/mol. The van der Waals surface area contributed by atoms with Gasteiger partial charge >= 0.3 is 0 Å². The van der Waals surface area contributed by atoms with Gasteiger partial charge in [-0.05, 0) is 201 Å². The van der Waals surface area contributed by atoms with Crippen molar-refractivity contribution >= 4 is 5.96 Å². The van der Waals surface area contributed by atoms with E-state index < -0.39 is 18.3 Å². The highest BCUT2D eigenvalue weighted by Gasteiger charge is 2.60. The lowest BCUT2D eigenvalue weighted by atomic mass is 9.56. The quantitative estimate of drug-likeness (QED) is 0.0798. The summed E-state index contributed by atoms with van der Waals surface area (Å²) in [4.78, 5) is 5.28. The Morgan fingerprint density at radius 2 is 1.66 bits per heavy atom. The number of benzene rings is 3. The van der Waals surface area contributed by atoms with Crippen LogP contribution in [0.1, 0.15) is 196 Å². The van der Waals surface area contributed by atoms with Crippen LogP contribution in [0.25, 0.3) is 11.1 Å². The second-order valence-corrected chi connectivity index (χ2v) is 27.3. The van der Waals surface area contributed by atoms with E-state index in [2.05, 4.69) is 51.2 Å². The van der Waals surface area contributed by atoms with E-state index in [1.54, 1.807) is 13.2 Å². The monoisotopic (exact) mass is 1100 g/mol. The largest absolute Gasteiger partial charge is 0.508 e. The Morgan fingerprint density at radius 3 is 2.45 bits per heavy atom. The first-order valence-corrected chi connectivity index (χ1v) is 31.7. The standard InChI is InChI=1S/C68H97N3O9/c1-6-7-8-13-42(4)51-30-44-17-16-43(51)29-49(73)37-67(22-12-21-66(67)25-27-78-68(39-66)23-9-10-24-68)40-71-65(69)70-26-20-50-46(38-72)14-11-15-58(50)79-60-34-45(18-19-55(60)74)64-57(76)35-54-59(80-64)36-61(77-5)63-53-32-48(28-41(2)3)56(75)33-47(53)31-52(44)62(54)63/h16-19,32-34,36,41-44,46,49-52,57-58,64,72-76H,6-15,20-31,35,37-40H2,1-5H3,(H3,69,70,71). The van der Waals surface area contributed by atoms with Crippen molar-refractivity contribution in [2.45, 2.75) is 211 Å². The van der Waals surface area contributed by atoms with E-state index in [9.17, 15) is 25.5 Å². The number of nitrogens with zero attached hydrogens (tertiary/aromatic N) is 1. The minimum absolute atomic E-state index is 0.000698. The van der Waals surface area contributed by atoms with Gasteiger partial charge in [0.1, 0.15) is 29.5 Å². The third-order valence-electron chi connectivity index (χ3n) is 21.9. The first-order chi connectivity index (χ1) is 38.6. The van der Waals surface area contributed by atoms with E-state index in [4.69, 9.17) is 29.7 Å². The van der Waals surface area contributed by atoms with Crippen molar-refractivity contribution in [2.24, 2.45) is 63.0 Å². The minimum Gasteiger partial charge on any atom is -0.508 e. The molecule has 1 saturated heterocycles. The zero-order valence-electron chi connectivity index (χ0n) is 49.0. The summed E-state index contributed by atoms with van der Waals surface area (Å²) in [5.74, 6) is 3.88. The minimum atomic E-state index is -0.917. The number of methoxy groups -OCH3 is 1. The lowest BCUT2D eigenvalue weighted by molar-refractivity contribution is -0.157. The van der Waals surface area contributed by atoms with Gasteiger partial charge in [0.05, 0.1) is 24.9 Å². The van der Waals surface area contributed by atoms with Gasteiger partial charge in [-0.1, -0.05) is 90.9 Å². The number of guanidine groups is 1. The van der Waals surface area contributed by atoms with Crippen molar-refractivity contribution in [1.82, 2.24) is 5.32 Å². The molecule has 438 valence electrons. The molecule has 8 N–H and O–H groups in total. The van der Waals surface area contributed by atoms with Crippen LogP contribution in [0, 0.1) is 52.3 Å². The number of fused-ring (bicyclic) bond motifs is 2. The fourth-order valence-electron chi connectivity index (χ4n) is 17.9. The normalized spacial score (nSPS) is 33.4. The summed E-state index contributed by atoms with van der Waals surface area (Å²) in [5, 5.41) is 62.9. The van der Waals surface area contributed by atoms with Crippen LogP contribution < -0.4 is 25.3 Å². The van der Waals surface area contributed by atoms with E-state index in [1.807, 2.05) is 24.3 Å². The molecule has 0 amide bonds. The number of aliphatic hydroxyl groups excluding tert-OH is 3. The van der Waals surface area contributed by atoms with E-state index in [-0.39, 0.29) is 64.5 Å². The molecule has 12 heteroatoms. The molecule has 6 heterocycles. The second-order valence-electron chi connectivity index (χ2n) is 27.3. The number of nitrogens with two attached hydrogens (primary N) is 1. The number of allylic oxidation sites excluding steroid dienone is 2. The summed E-state index contributed by atoms with van der Waals surface area (Å²) in [7, 11) is 1.73. The van der Waals surface area contributed by atoms with Gasteiger partial charge in [0.15, 0.2) is 17.5 Å². The van der Waals surface area contributed by atoms with Gasteiger partial charge in [0.2, 0.25) is 0 Å². The topological polar surface area (TPSA) is 188 Å². The number of ether oxygens (including phenoxy) is 4. The van der Waals surface area contributed by atoms with Crippen LogP contribution in [0.2, 0.25) is 0 Å². The predicted molar refractivity (Wildman–Crippen MR) is 316 cm³/mol. The number of phenolic OH excluding ortho intramolecular Hbond substituents is 2. The maximum absolute atomic E-state index is 13.0. The van der Waals surface area contributed by atoms with E-state index in [1.165, 1.54) is 32.1 Å². The number of rotatable bonds is 9. The van der Waals surface area contributed by atoms with Crippen molar-refractivity contribution in [3.05, 3.63) is 76.4 Å². The molecule has 3 aromatic rings. The Bertz CT molecular complexity index is 2720. The molecule has 8 bridgehead atoms. The van der Waals surface area contributed by atoms with Gasteiger partial charge in [-0.25, -0.2) is 0 Å². The number of hydrogen-bond donors (Lipinski definition) is 7. The Morgan fingerprint density at radius 1 is 0.850 bits per heavy atom. The third kappa shape index (κ3) is 11.2. The maximum atomic E-state index is 13.0. The fraction of sp³-hybridized carbons (Fsp3) is 0.691. The number of nitrogens with one attached hydrogen (secondary N) is 1. The van der Waals surface area contributed by atoms with E-state index >= 15 is 0 Å².